The monoisotopic (exact) mass is 446 g/mol. The van der Waals surface area contributed by atoms with E-state index >= 15 is 0 Å². The summed E-state index contributed by atoms with van der Waals surface area (Å²) in [6.07, 6.45) is 0. The van der Waals surface area contributed by atoms with Crippen molar-refractivity contribution in [1.29, 1.82) is 0 Å². The van der Waals surface area contributed by atoms with E-state index in [9.17, 15) is 18.0 Å². The second-order valence-electron chi connectivity index (χ2n) is 6.24. The Bertz CT molecular complexity index is 1140. The predicted octanol–water partition coefficient (Wildman–Crippen LogP) is 2.39. The summed E-state index contributed by atoms with van der Waals surface area (Å²) in [7, 11) is -3.66. The fourth-order valence-electron chi connectivity index (χ4n) is 2.63. The van der Waals surface area contributed by atoms with Gasteiger partial charge in [0.15, 0.2) is 6.04 Å². The zero-order valence-electron chi connectivity index (χ0n) is 15.5. The number of amides is 1. The number of carboxylic acid groups (broad SMARTS) is 1. The lowest BCUT2D eigenvalue weighted by Gasteiger charge is -2.12. The number of thiophene rings is 1. The Labute approximate surface area is 176 Å². The number of benzene rings is 2. The maximum Gasteiger partial charge on any atom is 0.328 e. The van der Waals surface area contributed by atoms with Crippen molar-refractivity contribution in [1.82, 2.24) is 5.32 Å². The van der Waals surface area contributed by atoms with Gasteiger partial charge in [-0.1, -0.05) is 30.3 Å². The van der Waals surface area contributed by atoms with E-state index in [1.807, 2.05) is 0 Å². The minimum atomic E-state index is -3.66. The fraction of sp³-hybridized carbons (Fsp3) is 0.100. The van der Waals surface area contributed by atoms with Gasteiger partial charge in [0.05, 0.1) is 6.61 Å². The molecule has 0 unspecified atom stereocenters. The van der Waals surface area contributed by atoms with Crippen molar-refractivity contribution >= 4 is 38.9 Å². The normalized spacial score (nSPS) is 12.2. The Morgan fingerprint density at radius 3 is 2.33 bits per heavy atom. The van der Waals surface area contributed by atoms with Crippen molar-refractivity contribution in [3.63, 3.8) is 0 Å². The van der Waals surface area contributed by atoms with Crippen LogP contribution in [-0.2, 0) is 14.8 Å². The number of carbonyl (C=O) groups excluding carboxylic acids is 1. The maximum absolute atomic E-state index is 12.4. The van der Waals surface area contributed by atoms with E-state index in [2.05, 4.69) is 10.0 Å². The van der Waals surface area contributed by atoms with Crippen LogP contribution in [0.15, 0.2) is 70.3 Å². The largest absolute Gasteiger partial charge is 0.480 e. The van der Waals surface area contributed by atoms with Gasteiger partial charge in [0, 0.05) is 11.3 Å². The summed E-state index contributed by atoms with van der Waals surface area (Å²) in [4.78, 5) is 23.0. The van der Waals surface area contributed by atoms with Crippen molar-refractivity contribution < 1.29 is 28.2 Å². The molecule has 0 spiro atoms. The topological polar surface area (TPSA) is 133 Å². The van der Waals surface area contributed by atoms with Gasteiger partial charge in [-0.3, -0.25) is 9.52 Å². The zero-order chi connectivity index (χ0) is 21.7. The molecule has 3 rings (SSSR count). The van der Waals surface area contributed by atoms with Crippen LogP contribution in [-0.4, -0.2) is 43.2 Å². The molecular weight excluding hydrogens is 428 g/mol. The van der Waals surface area contributed by atoms with Gasteiger partial charge in [0.2, 0.25) is 0 Å². The SMILES string of the molecule is O=C(N[C@@H](CO)C(=O)O)c1ccc(-c2cccc(NS(=O)(=O)c3cccs3)c2)cc1. The summed E-state index contributed by atoms with van der Waals surface area (Å²) in [6.45, 7) is -0.715. The van der Waals surface area contributed by atoms with Crippen LogP contribution in [0.5, 0.6) is 0 Å². The summed E-state index contributed by atoms with van der Waals surface area (Å²) in [6, 6.07) is 15.0. The highest BCUT2D eigenvalue weighted by molar-refractivity contribution is 7.94. The summed E-state index contributed by atoms with van der Waals surface area (Å²) < 4.78 is 27.5. The number of aliphatic hydroxyl groups is 1. The average molecular weight is 447 g/mol. The number of aliphatic hydroxyl groups excluding tert-OH is 1. The quantitative estimate of drug-likeness (QED) is 0.420. The van der Waals surface area contributed by atoms with Crippen molar-refractivity contribution in [2.24, 2.45) is 0 Å². The second kappa shape index (κ2) is 9.08. The summed E-state index contributed by atoms with van der Waals surface area (Å²) in [5.41, 5.74) is 2.09. The van der Waals surface area contributed by atoms with Gasteiger partial charge in [-0.25, -0.2) is 13.2 Å². The molecule has 10 heteroatoms. The van der Waals surface area contributed by atoms with Crippen molar-refractivity contribution in [3.05, 3.63) is 71.6 Å². The first-order valence-corrected chi connectivity index (χ1v) is 11.1. The van der Waals surface area contributed by atoms with Crippen molar-refractivity contribution in [2.75, 3.05) is 11.3 Å². The van der Waals surface area contributed by atoms with Crippen LogP contribution in [0.2, 0.25) is 0 Å². The molecule has 0 radical (unpaired) electrons. The fourth-order valence-corrected chi connectivity index (χ4v) is 4.67. The van der Waals surface area contributed by atoms with E-state index in [1.54, 1.807) is 47.8 Å². The molecule has 0 aliphatic rings. The highest BCUT2D eigenvalue weighted by atomic mass is 32.2. The molecule has 0 fully saturated rings. The van der Waals surface area contributed by atoms with Crippen LogP contribution < -0.4 is 10.0 Å². The van der Waals surface area contributed by atoms with Crippen LogP contribution in [0.3, 0.4) is 0 Å². The number of nitrogens with one attached hydrogen (secondary N) is 2. The van der Waals surface area contributed by atoms with Gasteiger partial charge >= 0.3 is 5.97 Å². The Balaban J connectivity index is 1.76. The Kier molecular flexibility index (Phi) is 6.50. The van der Waals surface area contributed by atoms with E-state index in [0.29, 0.717) is 5.69 Å². The molecule has 0 saturated carbocycles. The molecule has 0 aliphatic carbocycles. The lowest BCUT2D eigenvalue weighted by atomic mass is 10.0. The van der Waals surface area contributed by atoms with Crippen LogP contribution in [0.25, 0.3) is 11.1 Å². The summed E-state index contributed by atoms with van der Waals surface area (Å²) in [5.74, 6) is -1.95. The number of carbonyl (C=O) groups is 2. The van der Waals surface area contributed by atoms with E-state index in [4.69, 9.17) is 10.2 Å². The summed E-state index contributed by atoms with van der Waals surface area (Å²) >= 11 is 1.12. The number of hydrogen-bond acceptors (Lipinski definition) is 6. The molecule has 3 aromatic rings. The average Bonchev–Trinajstić information content (AvgIpc) is 3.27. The van der Waals surface area contributed by atoms with Crippen molar-refractivity contribution in [2.45, 2.75) is 10.3 Å². The maximum atomic E-state index is 12.4. The third-order valence-corrected chi connectivity index (χ3v) is 6.92. The van der Waals surface area contributed by atoms with E-state index in [-0.39, 0.29) is 9.77 Å². The second-order valence-corrected chi connectivity index (χ2v) is 9.10. The molecule has 156 valence electrons. The lowest BCUT2D eigenvalue weighted by Crippen LogP contribution is -2.43. The highest BCUT2D eigenvalue weighted by Crippen LogP contribution is 2.25. The minimum absolute atomic E-state index is 0.214. The van der Waals surface area contributed by atoms with Gasteiger partial charge in [-0.2, -0.15) is 0 Å². The number of rotatable bonds is 8. The molecule has 1 amide bonds. The highest BCUT2D eigenvalue weighted by Gasteiger charge is 2.19. The van der Waals surface area contributed by atoms with E-state index in [1.165, 1.54) is 18.2 Å². The molecule has 8 nitrogen and oxygen atoms in total. The predicted molar refractivity (Wildman–Crippen MR) is 113 cm³/mol. The molecular formula is C20H18N2O6S2. The smallest absolute Gasteiger partial charge is 0.328 e. The molecule has 1 aromatic heterocycles. The molecule has 1 atom stereocenters. The molecule has 4 N–H and O–H groups in total. The number of carboxylic acids is 1. The van der Waals surface area contributed by atoms with Crippen LogP contribution in [0.1, 0.15) is 10.4 Å². The van der Waals surface area contributed by atoms with Gasteiger partial charge < -0.3 is 15.5 Å². The van der Waals surface area contributed by atoms with Gasteiger partial charge in [0.25, 0.3) is 15.9 Å². The molecule has 0 aliphatic heterocycles. The molecule has 0 saturated heterocycles. The Morgan fingerprint density at radius 2 is 1.73 bits per heavy atom. The zero-order valence-corrected chi connectivity index (χ0v) is 17.1. The standard InChI is InChI=1S/C20H18N2O6S2/c23-12-17(20(25)26)21-19(24)14-8-6-13(7-9-14)15-3-1-4-16(11-15)22-30(27,28)18-5-2-10-29-18/h1-11,17,22-23H,12H2,(H,21,24)(H,25,26)/t17-/m0/s1. The number of sulfonamides is 1. The van der Waals surface area contributed by atoms with Gasteiger partial charge in [-0.15, -0.1) is 11.3 Å². The number of hydrogen-bond donors (Lipinski definition) is 4. The third kappa shape index (κ3) is 5.03. The molecule has 30 heavy (non-hydrogen) atoms. The first-order valence-electron chi connectivity index (χ1n) is 8.71. The lowest BCUT2D eigenvalue weighted by molar-refractivity contribution is -0.140. The minimum Gasteiger partial charge on any atom is -0.480 e. The molecule has 0 bridgehead atoms. The van der Waals surface area contributed by atoms with E-state index in [0.717, 1.165) is 22.5 Å². The first kappa shape index (κ1) is 21.5. The number of aliphatic carboxylic acids is 1. The van der Waals surface area contributed by atoms with Gasteiger partial charge in [-0.05, 0) is 46.8 Å². The van der Waals surface area contributed by atoms with Crippen LogP contribution in [0.4, 0.5) is 5.69 Å². The third-order valence-electron chi connectivity index (χ3n) is 4.14. The Morgan fingerprint density at radius 1 is 1.00 bits per heavy atom. The van der Waals surface area contributed by atoms with E-state index < -0.39 is 34.5 Å². The van der Waals surface area contributed by atoms with Crippen LogP contribution in [0, 0.1) is 0 Å². The Hall–Kier alpha value is -3.21. The number of anilines is 1. The summed E-state index contributed by atoms with van der Waals surface area (Å²) in [5, 5.41) is 21.8. The first-order chi connectivity index (χ1) is 14.3. The molecule has 2 aromatic carbocycles. The van der Waals surface area contributed by atoms with Gasteiger partial charge in [0.1, 0.15) is 4.21 Å². The van der Waals surface area contributed by atoms with Crippen LogP contribution >= 0.6 is 11.3 Å². The van der Waals surface area contributed by atoms with Crippen molar-refractivity contribution in [3.8, 4) is 11.1 Å². The molecule has 1 heterocycles.